The maximum atomic E-state index is 11.2. The van der Waals surface area contributed by atoms with Gasteiger partial charge < -0.3 is 10.1 Å². The van der Waals surface area contributed by atoms with Gasteiger partial charge in [-0.05, 0) is 12.8 Å². The number of hydrogen-bond donors (Lipinski definition) is 1. The number of esters is 1. The molecule has 0 atom stereocenters. The number of ether oxygens (including phenoxy) is 1. The summed E-state index contributed by atoms with van der Waals surface area (Å²) in [5.41, 5.74) is 0. The fraction of sp³-hybridized carbons (Fsp3) is 0.583. The number of isocyanates is 1. The van der Waals surface area contributed by atoms with Crippen LogP contribution in [0.15, 0.2) is 17.6 Å². The second-order valence-corrected chi connectivity index (χ2v) is 3.55. The standard InChI is InChI=1S/C12H18N2O4/c1-2-12(17)18-9-11(16)14-8-6-4-3-5-7-13-10-15/h2H,1,3-9H2,(H,14,16). The van der Waals surface area contributed by atoms with Gasteiger partial charge in [0.15, 0.2) is 6.61 Å². The molecule has 0 aromatic rings. The van der Waals surface area contributed by atoms with Crippen LogP contribution in [0.1, 0.15) is 25.7 Å². The second-order valence-electron chi connectivity index (χ2n) is 3.55. The SMILES string of the molecule is C=CC(=O)OCC(=O)NCCCCCCN=C=O. The number of unbranched alkanes of at least 4 members (excludes halogenated alkanes) is 3. The van der Waals surface area contributed by atoms with Gasteiger partial charge in [-0.3, -0.25) is 4.79 Å². The molecule has 6 nitrogen and oxygen atoms in total. The Balaban J connectivity index is 3.32. The van der Waals surface area contributed by atoms with E-state index in [2.05, 4.69) is 21.6 Å². The van der Waals surface area contributed by atoms with Gasteiger partial charge in [0, 0.05) is 12.6 Å². The molecule has 0 aromatic heterocycles. The molecule has 0 heterocycles. The first-order chi connectivity index (χ1) is 8.70. The molecule has 100 valence electrons. The van der Waals surface area contributed by atoms with Crippen molar-refractivity contribution < 1.29 is 19.1 Å². The van der Waals surface area contributed by atoms with Gasteiger partial charge in [-0.25, -0.2) is 14.6 Å². The van der Waals surface area contributed by atoms with E-state index in [0.29, 0.717) is 13.1 Å². The molecule has 6 heteroatoms. The summed E-state index contributed by atoms with van der Waals surface area (Å²) >= 11 is 0. The zero-order chi connectivity index (χ0) is 13.6. The summed E-state index contributed by atoms with van der Waals surface area (Å²) in [4.78, 5) is 35.0. The highest BCUT2D eigenvalue weighted by Crippen LogP contribution is 1.98. The van der Waals surface area contributed by atoms with Crippen molar-refractivity contribution in [3.05, 3.63) is 12.7 Å². The Labute approximate surface area is 106 Å². The summed E-state index contributed by atoms with van der Waals surface area (Å²) in [6.45, 7) is 3.99. The lowest BCUT2D eigenvalue weighted by molar-refractivity contribution is -0.143. The largest absolute Gasteiger partial charge is 0.452 e. The fourth-order valence-corrected chi connectivity index (χ4v) is 1.19. The quantitative estimate of drug-likeness (QED) is 0.205. The number of hydrogen-bond acceptors (Lipinski definition) is 5. The van der Waals surface area contributed by atoms with Crippen LogP contribution in [0.2, 0.25) is 0 Å². The third-order valence-corrected chi connectivity index (χ3v) is 2.10. The molecule has 1 amide bonds. The van der Waals surface area contributed by atoms with E-state index in [1.165, 1.54) is 6.08 Å². The van der Waals surface area contributed by atoms with Crippen molar-refractivity contribution in [2.45, 2.75) is 25.7 Å². The van der Waals surface area contributed by atoms with Gasteiger partial charge in [-0.1, -0.05) is 19.4 Å². The summed E-state index contributed by atoms with van der Waals surface area (Å²) < 4.78 is 4.56. The lowest BCUT2D eigenvalue weighted by Crippen LogP contribution is -2.29. The number of nitrogens with one attached hydrogen (secondary N) is 1. The zero-order valence-corrected chi connectivity index (χ0v) is 10.3. The highest BCUT2D eigenvalue weighted by molar-refractivity contribution is 5.85. The smallest absolute Gasteiger partial charge is 0.330 e. The number of nitrogens with zero attached hydrogens (tertiary/aromatic N) is 1. The number of amides is 1. The number of carbonyl (C=O) groups is 2. The van der Waals surface area contributed by atoms with Crippen molar-refractivity contribution >= 4 is 18.0 Å². The van der Waals surface area contributed by atoms with E-state index in [1.807, 2.05) is 0 Å². The Morgan fingerprint density at radius 1 is 1.28 bits per heavy atom. The summed E-state index contributed by atoms with van der Waals surface area (Å²) in [6.07, 6.45) is 6.07. The molecular formula is C12H18N2O4. The highest BCUT2D eigenvalue weighted by atomic mass is 16.5. The molecule has 0 bridgehead atoms. The van der Waals surface area contributed by atoms with Crippen LogP contribution in [0.3, 0.4) is 0 Å². The minimum Gasteiger partial charge on any atom is -0.452 e. The molecule has 0 saturated heterocycles. The van der Waals surface area contributed by atoms with E-state index in [-0.39, 0.29) is 12.5 Å². The molecule has 18 heavy (non-hydrogen) atoms. The van der Waals surface area contributed by atoms with Gasteiger partial charge in [0.2, 0.25) is 6.08 Å². The van der Waals surface area contributed by atoms with Crippen LogP contribution < -0.4 is 5.32 Å². The van der Waals surface area contributed by atoms with Crippen LogP contribution in [0, 0.1) is 0 Å². The molecule has 0 unspecified atom stereocenters. The van der Waals surface area contributed by atoms with E-state index in [4.69, 9.17) is 0 Å². The second kappa shape index (κ2) is 11.5. The monoisotopic (exact) mass is 254 g/mol. The van der Waals surface area contributed by atoms with Crippen molar-refractivity contribution in [1.82, 2.24) is 5.32 Å². The first-order valence-corrected chi connectivity index (χ1v) is 5.80. The highest BCUT2D eigenvalue weighted by Gasteiger charge is 2.03. The minimum atomic E-state index is -0.610. The molecule has 0 saturated carbocycles. The number of aliphatic imine (C=N–C) groups is 1. The van der Waals surface area contributed by atoms with E-state index in [9.17, 15) is 14.4 Å². The molecule has 0 aromatic carbocycles. The van der Waals surface area contributed by atoms with E-state index >= 15 is 0 Å². The molecule has 0 aliphatic heterocycles. The third kappa shape index (κ3) is 10.6. The third-order valence-electron chi connectivity index (χ3n) is 2.10. The van der Waals surface area contributed by atoms with Gasteiger partial charge >= 0.3 is 5.97 Å². The average molecular weight is 254 g/mol. The lowest BCUT2D eigenvalue weighted by atomic mass is 10.2. The maximum Gasteiger partial charge on any atom is 0.330 e. The summed E-state index contributed by atoms with van der Waals surface area (Å²) in [7, 11) is 0. The summed E-state index contributed by atoms with van der Waals surface area (Å²) in [6, 6.07) is 0. The Morgan fingerprint density at radius 3 is 2.67 bits per heavy atom. The topological polar surface area (TPSA) is 84.8 Å². The zero-order valence-electron chi connectivity index (χ0n) is 10.3. The van der Waals surface area contributed by atoms with E-state index in [0.717, 1.165) is 31.8 Å². The first-order valence-electron chi connectivity index (χ1n) is 5.80. The minimum absolute atomic E-state index is 0.279. The van der Waals surface area contributed by atoms with Crippen molar-refractivity contribution in [2.75, 3.05) is 19.7 Å². The molecule has 0 spiro atoms. The fourth-order valence-electron chi connectivity index (χ4n) is 1.19. The molecule has 0 aliphatic carbocycles. The van der Waals surface area contributed by atoms with Crippen molar-refractivity contribution in [3.63, 3.8) is 0 Å². The Bertz CT molecular complexity index is 322. The van der Waals surface area contributed by atoms with Crippen molar-refractivity contribution in [3.8, 4) is 0 Å². The van der Waals surface area contributed by atoms with Crippen LogP contribution in [-0.2, 0) is 19.1 Å². The van der Waals surface area contributed by atoms with Gasteiger partial charge in [0.05, 0.1) is 6.54 Å². The van der Waals surface area contributed by atoms with Gasteiger partial charge in [0.25, 0.3) is 5.91 Å². The average Bonchev–Trinajstić information content (AvgIpc) is 2.39. The Hall–Kier alpha value is -1.94. The van der Waals surface area contributed by atoms with Gasteiger partial charge in [-0.2, -0.15) is 0 Å². The van der Waals surface area contributed by atoms with Crippen LogP contribution in [0.4, 0.5) is 0 Å². The van der Waals surface area contributed by atoms with E-state index < -0.39 is 5.97 Å². The molecule has 0 fully saturated rings. The normalized spacial score (nSPS) is 9.11. The molecule has 0 radical (unpaired) electrons. The number of rotatable bonds is 10. The Morgan fingerprint density at radius 2 is 2.00 bits per heavy atom. The van der Waals surface area contributed by atoms with Gasteiger partial charge in [-0.15, -0.1) is 0 Å². The predicted octanol–water partition coefficient (Wildman–Crippen LogP) is 0.728. The molecular weight excluding hydrogens is 236 g/mol. The molecule has 0 rings (SSSR count). The molecule has 0 aliphatic rings. The molecule has 1 N–H and O–H groups in total. The lowest BCUT2D eigenvalue weighted by Gasteiger charge is -2.04. The Kier molecular flexibility index (Phi) is 10.3. The van der Waals surface area contributed by atoms with Crippen molar-refractivity contribution in [1.29, 1.82) is 0 Å². The van der Waals surface area contributed by atoms with Crippen LogP contribution in [0.5, 0.6) is 0 Å². The van der Waals surface area contributed by atoms with Crippen LogP contribution >= 0.6 is 0 Å². The first kappa shape index (κ1) is 16.1. The van der Waals surface area contributed by atoms with Crippen LogP contribution in [-0.4, -0.2) is 37.7 Å². The van der Waals surface area contributed by atoms with Crippen LogP contribution in [0.25, 0.3) is 0 Å². The van der Waals surface area contributed by atoms with Crippen molar-refractivity contribution in [2.24, 2.45) is 4.99 Å². The summed E-state index contributed by atoms with van der Waals surface area (Å²) in [5, 5.41) is 2.63. The van der Waals surface area contributed by atoms with E-state index in [1.54, 1.807) is 0 Å². The van der Waals surface area contributed by atoms with Gasteiger partial charge in [0.1, 0.15) is 0 Å². The maximum absolute atomic E-state index is 11.2. The number of carbonyl (C=O) groups excluding carboxylic acids is 3. The predicted molar refractivity (Wildman–Crippen MR) is 65.6 cm³/mol. The summed E-state index contributed by atoms with van der Waals surface area (Å²) in [5.74, 6) is -0.934.